The summed E-state index contributed by atoms with van der Waals surface area (Å²) in [6.07, 6.45) is 1.23. The van der Waals surface area contributed by atoms with Crippen LogP contribution in [0, 0.1) is 12.3 Å². The van der Waals surface area contributed by atoms with Crippen LogP contribution in [0.25, 0.3) is 21.5 Å². The number of imidazole rings is 1. The number of hydrogen-bond acceptors (Lipinski definition) is 9. The van der Waals surface area contributed by atoms with Gasteiger partial charge in [0.1, 0.15) is 0 Å². The van der Waals surface area contributed by atoms with Crippen molar-refractivity contribution in [2.45, 2.75) is 84.2 Å². The van der Waals surface area contributed by atoms with Crippen LogP contribution in [0.5, 0.6) is 0 Å². The number of nitrogens with two attached hydrogens (primary N) is 1. The second kappa shape index (κ2) is 14.1. The van der Waals surface area contributed by atoms with Crippen molar-refractivity contribution in [1.82, 2.24) is 31.8 Å². The molecule has 0 bridgehead atoms. The molecular weight excluding hydrogens is 755 g/mol. The van der Waals surface area contributed by atoms with Gasteiger partial charge in [0.2, 0.25) is 0 Å². The summed E-state index contributed by atoms with van der Waals surface area (Å²) in [5.74, 6) is -0.222. The second-order valence-electron chi connectivity index (χ2n) is 14.2. The Hall–Kier alpha value is -3.44. The Morgan fingerprint density at radius 3 is 2.63 bits per heavy atom. The number of nitrogens with zero attached hydrogens (tertiary/aromatic N) is 4. The maximum absolute atomic E-state index is 14.3. The third kappa shape index (κ3) is 7.24. The molecule has 3 amide bonds. The van der Waals surface area contributed by atoms with Gasteiger partial charge in [-0.25, -0.2) is 4.98 Å². The van der Waals surface area contributed by atoms with Crippen LogP contribution in [-0.4, -0.2) is 77.1 Å². The summed E-state index contributed by atoms with van der Waals surface area (Å²) >= 11 is 0.715. The summed E-state index contributed by atoms with van der Waals surface area (Å²) in [6.45, 7) is 11.4. The van der Waals surface area contributed by atoms with Crippen molar-refractivity contribution in [3.05, 3.63) is 70.6 Å². The fourth-order valence-electron chi connectivity index (χ4n) is 6.61. The molecule has 2 aliphatic rings. The number of amides is 3. The Morgan fingerprint density at radius 2 is 1.96 bits per heavy atom. The molecule has 14 heteroatoms. The van der Waals surface area contributed by atoms with E-state index in [-0.39, 0.29) is 24.8 Å². The van der Waals surface area contributed by atoms with Gasteiger partial charge in [-0.15, -0.1) is 11.3 Å². The number of carbonyl (C=O) groups excluding carboxylic acids is 3. The van der Waals surface area contributed by atoms with Crippen molar-refractivity contribution < 1.29 is 41.2 Å². The number of β-amino-alcohol motifs (C(OH)–C–C–N with tert-alkyl or cyclic N) is 1. The minimum absolute atomic E-state index is 0.106. The molecule has 2 aromatic heterocycles. The van der Waals surface area contributed by atoms with Gasteiger partial charge in [-0.3, -0.25) is 0 Å². The van der Waals surface area contributed by atoms with Gasteiger partial charge < -0.3 is 0 Å². The molecular formula is C35H44IN8O4S-. The summed E-state index contributed by atoms with van der Waals surface area (Å²) in [5, 5.41) is 13.7. The van der Waals surface area contributed by atoms with Crippen LogP contribution in [0.1, 0.15) is 74.4 Å². The first-order chi connectivity index (χ1) is 23.3. The summed E-state index contributed by atoms with van der Waals surface area (Å²) in [5.41, 5.74) is 11.3. The molecule has 49 heavy (non-hydrogen) atoms. The predicted octanol–water partition coefficient (Wildman–Crippen LogP) is 0.606. The van der Waals surface area contributed by atoms with Crippen LogP contribution in [0.3, 0.4) is 0 Å². The van der Waals surface area contributed by atoms with Crippen LogP contribution >= 0.6 is 11.3 Å². The van der Waals surface area contributed by atoms with E-state index in [1.54, 1.807) is 28.4 Å². The first-order valence-electron chi connectivity index (χ1n) is 16.5. The number of thiazole rings is 1. The zero-order valence-corrected chi connectivity index (χ0v) is 31.4. The van der Waals surface area contributed by atoms with Crippen LogP contribution in [-0.2, 0) is 21.7 Å². The van der Waals surface area contributed by atoms with E-state index < -0.39 is 56.8 Å². The quantitative estimate of drug-likeness (QED) is 0.115. The third-order valence-corrected chi connectivity index (χ3v) is 13.5. The number of para-hydroxylation sites is 1. The number of fused-ring (bicyclic) bond motifs is 1. The molecule has 4 atom stereocenters. The molecule has 0 saturated carbocycles. The number of halogens is 1. The molecule has 0 radical (unpaired) electrons. The minimum atomic E-state index is -0.881. The van der Waals surface area contributed by atoms with Gasteiger partial charge in [0.15, 0.2) is 0 Å². The van der Waals surface area contributed by atoms with Crippen LogP contribution < -0.4 is 36.3 Å². The van der Waals surface area contributed by atoms with Crippen LogP contribution in [0.2, 0.25) is 0 Å². The van der Waals surface area contributed by atoms with E-state index in [0.29, 0.717) is 17.6 Å². The van der Waals surface area contributed by atoms with Gasteiger partial charge in [0.25, 0.3) is 0 Å². The third-order valence-electron chi connectivity index (χ3n) is 9.51. The van der Waals surface area contributed by atoms with Crippen LogP contribution in [0.4, 0.5) is 0 Å². The number of carbonyl (C=O) groups is 3. The molecule has 4 heterocycles. The molecule has 2 fully saturated rings. The standard InChI is InChI=1S/C35H44IN8O4S/c1-20-28(49-19-39-20)22-12-10-21(11-13-22)17-38-31(47)26-16-23(45)18-43(26)32(48)29(34(2,3)4)42-36-44-15-7-14-35(44,5)33-40-25-9-6-8-24(30(37)46)27(25)41-33/h6,8-13,19,23,26,29,42,45H,7,14-18H2,1-5H3,(H2,37,46)(H,38,47)(H,40,41)/q-1/t23-,26?,29?,35-/m1/s1. The molecule has 2 aromatic carbocycles. The Labute approximate surface area is 301 Å². The van der Waals surface area contributed by atoms with Crippen molar-refractivity contribution in [3.8, 4) is 10.4 Å². The molecule has 6 rings (SSSR count). The number of aliphatic hydroxyl groups excluding tert-OH is 1. The molecule has 4 aromatic rings. The normalized spacial score (nSPS) is 22.2. The molecule has 262 valence electrons. The predicted molar refractivity (Wildman–Crippen MR) is 185 cm³/mol. The number of aliphatic hydroxyl groups is 1. The topological polar surface area (TPSA) is 170 Å². The van der Waals surface area contributed by atoms with Gasteiger partial charge in [0, 0.05) is 0 Å². The van der Waals surface area contributed by atoms with Crippen molar-refractivity contribution in [2.24, 2.45) is 11.1 Å². The van der Waals surface area contributed by atoms with Crippen molar-refractivity contribution in [1.29, 1.82) is 0 Å². The van der Waals surface area contributed by atoms with Gasteiger partial charge in [-0.05, 0) is 6.92 Å². The molecule has 2 saturated heterocycles. The zero-order chi connectivity index (χ0) is 35.1. The molecule has 0 aliphatic carbocycles. The van der Waals surface area contributed by atoms with E-state index in [1.807, 2.05) is 63.5 Å². The van der Waals surface area contributed by atoms with Gasteiger partial charge in [0.05, 0.1) is 16.1 Å². The van der Waals surface area contributed by atoms with Gasteiger partial charge >= 0.3 is 263 Å². The van der Waals surface area contributed by atoms with Gasteiger partial charge in [-0.1, -0.05) is 0 Å². The number of H-pyrrole nitrogens is 1. The molecule has 2 unspecified atom stereocenters. The van der Waals surface area contributed by atoms with Crippen molar-refractivity contribution >= 4 is 40.1 Å². The first kappa shape index (κ1) is 35.4. The molecule has 0 spiro atoms. The SMILES string of the molecule is Cc1ncsc1-c1ccc(CNC(=O)C2C[C@@H](O)CN2C(=O)C(N[I-]N2CCC[C@]2(C)c2nc3c(C(N)=O)cccc3[nH]2)C(C)(C)C)cc1. The molecule has 6 N–H and O–H groups in total. The summed E-state index contributed by atoms with van der Waals surface area (Å²) in [7, 11) is 0. The number of hydrogen-bond donors (Lipinski definition) is 5. The first-order valence-corrected chi connectivity index (χ1v) is 19.4. The van der Waals surface area contributed by atoms with E-state index in [1.165, 1.54) is 0 Å². The molecule has 12 nitrogen and oxygen atoms in total. The van der Waals surface area contributed by atoms with E-state index in [4.69, 9.17) is 10.7 Å². The number of nitrogens with one attached hydrogen (secondary N) is 3. The fourth-order valence-corrected chi connectivity index (χ4v) is 10.8. The van der Waals surface area contributed by atoms with E-state index in [0.717, 1.165) is 52.4 Å². The average Bonchev–Trinajstić information content (AvgIpc) is 3.85. The molecule has 2 aliphatic heterocycles. The van der Waals surface area contributed by atoms with E-state index >= 15 is 0 Å². The Bertz CT molecular complexity index is 1850. The summed E-state index contributed by atoms with van der Waals surface area (Å²) < 4.78 is 6.00. The number of likely N-dealkylation sites (tertiary alicyclic amines) is 1. The van der Waals surface area contributed by atoms with Gasteiger partial charge in [-0.2, -0.15) is 0 Å². The Balaban J connectivity index is 1.13. The number of benzene rings is 2. The Kier molecular flexibility index (Phi) is 10.2. The van der Waals surface area contributed by atoms with E-state index in [2.05, 4.69) is 28.9 Å². The van der Waals surface area contributed by atoms with E-state index in [9.17, 15) is 19.5 Å². The summed E-state index contributed by atoms with van der Waals surface area (Å²) in [6, 6.07) is 12.0. The second-order valence-corrected chi connectivity index (χ2v) is 17.3. The zero-order valence-electron chi connectivity index (χ0n) is 28.4. The Morgan fingerprint density at radius 1 is 1.20 bits per heavy atom. The van der Waals surface area contributed by atoms with Crippen molar-refractivity contribution in [3.63, 3.8) is 0 Å². The van der Waals surface area contributed by atoms with Crippen molar-refractivity contribution in [2.75, 3.05) is 13.1 Å². The van der Waals surface area contributed by atoms with Crippen LogP contribution in [0.15, 0.2) is 48.0 Å². The average molecular weight is 800 g/mol. The monoisotopic (exact) mass is 799 g/mol. The summed E-state index contributed by atoms with van der Waals surface area (Å²) in [4.78, 5) is 55.1. The number of aromatic nitrogens is 3. The fraction of sp³-hybridized carbons (Fsp3) is 0.457. The maximum atomic E-state index is 14.3. The number of aromatic amines is 1. The number of primary amides is 1. The number of aryl methyl sites for hydroxylation is 1. The number of rotatable bonds is 10.